The van der Waals surface area contributed by atoms with Crippen LogP contribution < -0.4 is 19.7 Å². The van der Waals surface area contributed by atoms with E-state index in [2.05, 4.69) is 67.8 Å². The summed E-state index contributed by atoms with van der Waals surface area (Å²) in [5, 5.41) is 22.1. The molecule has 1 saturated heterocycles. The smallest absolute Gasteiger partial charge is 0.254 e. The van der Waals surface area contributed by atoms with Crippen molar-refractivity contribution < 1.29 is 19.4 Å². The Labute approximate surface area is 225 Å². The van der Waals surface area contributed by atoms with Gasteiger partial charge in [-0.1, -0.05) is 41.5 Å². The van der Waals surface area contributed by atoms with Gasteiger partial charge in [0.05, 0.1) is 18.2 Å². The number of aliphatic hydroxyl groups is 1. The molecule has 204 valence electrons. The third-order valence-corrected chi connectivity index (χ3v) is 8.53. The fourth-order valence-electron chi connectivity index (χ4n) is 6.71. The van der Waals surface area contributed by atoms with E-state index in [9.17, 15) is 15.2 Å². The minimum atomic E-state index is -0.357. The third kappa shape index (κ3) is 4.90. The summed E-state index contributed by atoms with van der Waals surface area (Å²) in [7, 11) is 1.53. The Bertz CT molecular complexity index is 1180. The molecule has 2 unspecified atom stereocenters. The van der Waals surface area contributed by atoms with Crippen molar-refractivity contribution >= 4 is 11.9 Å². The van der Waals surface area contributed by atoms with Crippen LogP contribution in [0.5, 0.6) is 11.5 Å². The molecule has 0 bridgehead atoms. The van der Waals surface area contributed by atoms with Crippen LogP contribution in [0.25, 0.3) is 0 Å². The summed E-state index contributed by atoms with van der Waals surface area (Å²) in [5.74, 6) is 2.41. The second-order valence-corrected chi connectivity index (χ2v) is 12.0. The van der Waals surface area contributed by atoms with E-state index >= 15 is 0 Å². The summed E-state index contributed by atoms with van der Waals surface area (Å²) in [6, 6.07) is 7.15. The summed E-state index contributed by atoms with van der Waals surface area (Å²) < 4.78 is 11.7. The molecule has 1 aromatic heterocycles. The van der Waals surface area contributed by atoms with Gasteiger partial charge in [0.25, 0.3) is 5.91 Å². The Morgan fingerprint density at radius 3 is 2.29 bits per heavy atom. The third-order valence-electron chi connectivity index (χ3n) is 8.53. The monoisotopic (exact) mass is 521 g/mol. The Morgan fingerprint density at radius 1 is 1.16 bits per heavy atom. The van der Waals surface area contributed by atoms with Crippen LogP contribution in [0, 0.1) is 39.9 Å². The number of aromatic nitrogens is 2. The Hall–Kier alpha value is -3.38. The van der Waals surface area contributed by atoms with E-state index in [-0.39, 0.29) is 41.4 Å². The number of nitriles is 1. The molecule has 1 aliphatic heterocycles. The van der Waals surface area contributed by atoms with Crippen molar-refractivity contribution in [2.75, 3.05) is 31.7 Å². The van der Waals surface area contributed by atoms with E-state index in [4.69, 9.17) is 9.47 Å². The van der Waals surface area contributed by atoms with E-state index in [1.165, 1.54) is 7.11 Å². The molecule has 2 N–H and O–H groups in total. The fraction of sp³-hybridized carbons (Fsp3) is 0.586. The molecular weight excluding hydrogens is 482 g/mol. The van der Waals surface area contributed by atoms with Gasteiger partial charge >= 0.3 is 0 Å². The summed E-state index contributed by atoms with van der Waals surface area (Å²) in [4.78, 5) is 24.3. The summed E-state index contributed by atoms with van der Waals surface area (Å²) >= 11 is 0. The number of methoxy groups -OCH3 is 1. The molecule has 2 atom stereocenters. The van der Waals surface area contributed by atoms with Crippen molar-refractivity contribution in [3.05, 3.63) is 41.7 Å². The second kappa shape index (κ2) is 10.4. The normalized spacial score (nSPS) is 27.6. The Morgan fingerprint density at radius 2 is 1.76 bits per heavy atom. The first-order valence-corrected chi connectivity index (χ1v) is 13.2. The maximum atomic E-state index is 13.2. The van der Waals surface area contributed by atoms with Crippen molar-refractivity contribution in [1.82, 2.24) is 15.3 Å². The average molecular weight is 522 g/mol. The molecule has 0 radical (unpaired) electrons. The van der Waals surface area contributed by atoms with Crippen LogP contribution in [0.4, 0.5) is 5.95 Å². The van der Waals surface area contributed by atoms with Crippen LogP contribution in [0.2, 0.25) is 0 Å². The van der Waals surface area contributed by atoms with Gasteiger partial charge in [0, 0.05) is 55.0 Å². The number of ether oxygens (including phenoxy) is 2. The topological polar surface area (TPSA) is 121 Å². The van der Waals surface area contributed by atoms with Gasteiger partial charge in [-0.05, 0) is 29.9 Å². The highest BCUT2D eigenvalue weighted by Gasteiger charge is 2.64. The van der Waals surface area contributed by atoms with Crippen molar-refractivity contribution in [3.63, 3.8) is 0 Å². The SMILES string of the molecule is COc1cc(OC2C(C)(C)C(NC(=O)c3cnc(N4CC(C)C(CO)C(C)C4)nc3)C2(C)C)ccc1C#N. The van der Waals surface area contributed by atoms with Gasteiger partial charge in [-0.2, -0.15) is 5.26 Å². The van der Waals surface area contributed by atoms with Gasteiger partial charge in [-0.15, -0.1) is 0 Å². The zero-order chi connectivity index (χ0) is 27.8. The Balaban J connectivity index is 1.42. The Kier molecular flexibility index (Phi) is 7.57. The molecule has 1 saturated carbocycles. The lowest BCUT2D eigenvalue weighted by atomic mass is 9.49. The van der Waals surface area contributed by atoms with E-state index in [0.717, 1.165) is 13.1 Å². The molecule has 0 spiro atoms. The highest BCUT2D eigenvalue weighted by Crippen LogP contribution is 2.55. The van der Waals surface area contributed by atoms with E-state index in [1.54, 1.807) is 30.6 Å². The first kappa shape index (κ1) is 27.6. The number of aliphatic hydroxyl groups excluding tert-OH is 1. The van der Waals surface area contributed by atoms with Gasteiger partial charge in [-0.3, -0.25) is 4.79 Å². The van der Waals surface area contributed by atoms with Gasteiger partial charge < -0.3 is 24.8 Å². The minimum Gasteiger partial charge on any atom is -0.495 e. The number of hydrogen-bond donors (Lipinski definition) is 2. The molecule has 1 aromatic carbocycles. The lowest BCUT2D eigenvalue weighted by Crippen LogP contribution is -2.74. The summed E-state index contributed by atoms with van der Waals surface area (Å²) in [6.45, 7) is 14.3. The minimum absolute atomic E-state index is 0.147. The van der Waals surface area contributed by atoms with E-state index in [1.807, 2.05) is 0 Å². The predicted molar refractivity (Wildman–Crippen MR) is 144 cm³/mol. The molecule has 38 heavy (non-hydrogen) atoms. The molecule has 2 heterocycles. The number of rotatable bonds is 7. The number of nitrogens with one attached hydrogen (secondary N) is 1. The molecular formula is C29H39N5O4. The van der Waals surface area contributed by atoms with Crippen LogP contribution in [-0.4, -0.2) is 59.9 Å². The molecule has 2 aliphatic rings. The van der Waals surface area contributed by atoms with Gasteiger partial charge in [0.2, 0.25) is 5.95 Å². The number of benzene rings is 1. The number of amides is 1. The zero-order valence-corrected chi connectivity index (χ0v) is 23.4. The molecule has 4 rings (SSSR count). The molecule has 9 nitrogen and oxygen atoms in total. The number of carbonyl (C=O) groups excluding carboxylic acids is 1. The second-order valence-electron chi connectivity index (χ2n) is 12.0. The van der Waals surface area contributed by atoms with E-state index < -0.39 is 0 Å². The van der Waals surface area contributed by atoms with Crippen molar-refractivity contribution in [2.45, 2.75) is 53.7 Å². The summed E-state index contributed by atoms with van der Waals surface area (Å²) in [5.41, 5.74) is 0.145. The molecule has 1 amide bonds. The predicted octanol–water partition coefficient (Wildman–Crippen LogP) is 3.67. The largest absolute Gasteiger partial charge is 0.495 e. The van der Waals surface area contributed by atoms with Crippen LogP contribution in [0.3, 0.4) is 0 Å². The van der Waals surface area contributed by atoms with Crippen LogP contribution >= 0.6 is 0 Å². The standard InChI is InChI=1S/C29H39N5O4/c1-17-14-34(15-18(2)22(17)16-35)27-31-12-20(13-32-27)24(36)33-25-28(3,4)26(29(25,5)6)38-21-9-8-19(11-30)23(10-21)37-7/h8-10,12-13,17-18,22,25-26,35H,14-16H2,1-7H3,(H,33,36). The molecule has 2 aromatic rings. The van der Waals surface area contributed by atoms with Crippen LogP contribution in [0.15, 0.2) is 30.6 Å². The lowest BCUT2D eigenvalue weighted by Gasteiger charge is -2.63. The fourth-order valence-corrected chi connectivity index (χ4v) is 6.71. The quantitative estimate of drug-likeness (QED) is 0.566. The molecule has 1 aliphatic carbocycles. The van der Waals surface area contributed by atoms with Crippen molar-refractivity contribution in [1.29, 1.82) is 5.26 Å². The molecule has 9 heteroatoms. The van der Waals surface area contributed by atoms with Gasteiger partial charge in [0.1, 0.15) is 23.7 Å². The molecule has 2 fully saturated rings. The number of hydrogen-bond acceptors (Lipinski definition) is 8. The number of anilines is 1. The average Bonchev–Trinajstić information content (AvgIpc) is 2.89. The maximum Gasteiger partial charge on any atom is 0.254 e. The van der Waals surface area contributed by atoms with Crippen molar-refractivity contribution in [2.24, 2.45) is 28.6 Å². The maximum absolute atomic E-state index is 13.2. The van der Waals surface area contributed by atoms with Gasteiger partial charge in [-0.25, -0.2) is 9.97 Å². The lowest BCUT2D eigenvalue weighted by molar-refractivity contribution is -0.164. The first-order valence-electron chi connectivity index (χ1n) is 13.2. The number of carbonyl (C=O) groups is 1. The van der Waals surface area contributed by atoms with E-state index in [0.29, 0.717) is 40.4 Å². The highest BCUT2D eigenvalue weighted by atomic mass is 16.5. The van der Waals surface area contributed by atoms with Crippen molar-refractivity contribution in [3.8, 4) is 17.6 Å². The zero-order valence-electron chi connectivity index (χ0n) is 23.4. The van der Waals surface area contributed by atoms with Crippen LogP contribution in [0.1, 0.15) is 57.5 Å². The summed E-state index contributed by atoms with van der Waals surface area (Å²) in [6.07, 6.45) is 2.99. The number of nitrogens with zero attached hydrogens (tertiary/aromatic N) is 4. The van der Waals surface area contributed by atoms with Crippen LogP contribution in [-0.2, 0) is 0 Å². The van der Waals surface area contributed by atoms with Gasteiger partial charge in [0.15, 0.2) is 0 Å². The number of piperidine rings is 1. The first-order chi connectivity index (χ1) is 17.9. The highest BCUT2D eigenvalue weighted by molar-refractivity contribution is 5.94.